The Balaban J connectivity index is 2.67. The lowest BCUT2D eigenvalue weighted by Gasteiger charge is -2.23. The van der Waals surface area contributed by atoms with Crippen molar-refractivity contribution in [2.75, 3.05) is 5.88 Å². The van der Waals surface area contributed by atoms with E-state index in [0.717, 1.165) is 18.5 Å². The number of alkyl halides is 1. The summed E-state index contributed by atoms with van der Waals surface area (Å²) in [5.74, 6) is 0.667. The van der Waals surface area contributed by atoms with Crippen LogP contribution in [-0.2, 0) is 13.5 Å². The third kappa shape index (κ3) is 2.69. The van der Waals surface area contributed by atoms with Crippen LogP contribution in [0.1, 0.15) is 26.0 Å². The van der Waals surface area contributed by atoms with Crippen molar-refractivity contribution in [2.45, 2.75) is 26.7 Å². The number of aryl methyl sites for hydroxylation is 1. The predicted octanol–water partition coefficient (Wildman–Crippen LogP) is 2.01. The molecule has 0 saturated carbocycles. The van der Waals surface area contributed by atoms with Crippen LogP contribution >= 0.6 is 11.6 Å². The molecule has 0 amide bonds. The Morgan fingerprint density at radius 1 is 1.62 bits per heavy atom. The molecule has 1 unspecified atom stereocenters. The average Bonchev–Trinajstić information content (AvgIpc) is 2.51. The van der Waals surface area contributed by atoms with Crippen molar-refractivity contribution in [3.63, 3.8) is 0 Å². The lowest BCUT2D eigenvalue weighted by atomic mass is 9.85. The highest BCUT2D eigenvalue weighted by Crippen LogP contribution is 2.26. The molecule has 0 aliphatic heterocycles. The average molecular weight is 202 g/mol. The highest BCUT2D eigenvalue weighted by Gasteiger charge is 2.22. The molecule has 0 aliphatic carbocycles. The van der Waals surface area contributed by atoms with Gasteiger partial charge in [0, 0.05) is 19.1 Å². The predicted molar refractivity (Wildman–Crippen MR) is 53.8 cm³/mol. The first kappa shape index (κ1) is 10.5. The summed E-state index contributed by atoms with van der Waals surface area (Å²) in [6.45, 7) is 4.33. The van der Waals surface area contributed by atoms with Gasteiger partial charge in [-0.25, -0.2) is 0 Å². The molecule has 0 aliphatic rings. The summed E-state index contributed by atoms with van der Waals surface area (Å²) < 4.78 is 1.72. The fourth-order valence-corrected chi connectivity index (χ4v) is 1.46. The summed E-state index contributed by atoms with van der Waals surface area (Å²) >= 11 is 5.91. The third-order valence-electron chi connectivity index (χ3n) is 2.43. The van der Waals surface area contributed by atoms with Gasteiger partial charge in [0.05, 0.1) is 5.69 Å². The number of halogens is 1. The van der Waals surface area contributed by atoms with Gasteiger partial charge < -0.3 is 0 Å². The Labute approximate surface area is 84.1 Å². The van der Waals surface area contributed by atoms with Crippen LogP contribution < -0.4 is 0 Å². The Morgan fingerprint density at radius 2 is 2.31 bits per heavy atom. The second-order valence-corrected chi connectivity index (χ2v) is 4.13. The van der Waals surface area contributed by atoms with Crippen molar-refractivity contribution in [1.29, 1.82) is 0 Å². The topological polar surface area (TPSA) is 30.7 Å². The second kappa shape index (κ2) is 4.09. The van der Waals surface area contributed by atoms with E-state index in [9.17, 15) is 0 Å². The molecule has 74 valence electrons. The minimum Gasteiger partial charge on any atom is -0.255 e. The van der Waals surface area contributed by atoms with Crippen molar-refractivity contribution in [2.24, 2.45) is 12.5 Å². The monoisotopic (exact) mass is 201 g/mol. The first-order valence-corrected chi connectivity index (χ1v) is 5.04. The molecular formula is C9H16ClN3. The van der Waals surface area contributed by atoms with E-state index in [0.29, 0.717) is 5.88 Å². The van der Waals surface area contributed by atoms with E-state index in [-0.39, 0.29) is 5.41 Å². The first-order valence-electron chi connectivity index (χ1n) is 4.51. The van der Waals surface area contributed by atoms with Gasteiger partial charge in [-0.2, -0.15) is 0 Å². The molecule has 13 heavy (non-hydrogen) atoms. The zero-order valence-electron chi connectivity index (χ0n) is 8.42. The Kier molecular flexibility index (Phi) is 3.31. The van der Waals surface area contributed by atoms with Gasteiger partial charge >= 0.3 is 0 Å². The van der Waals surface area contributed by atoms with Gasteiger partial charge in [-0.1, -0.05) is 19.1 Å². The van der Waals surface area contributed by atoms with Crippen LogP contribution in [0.15, 0.2) is 6.20 Å². The lowest BCUT2D eigenvalue weighted by molar-refractivity contribution is 0.351. The highest BCUT2D eigenvalue weighted by atomic mass is 35.5. The normalized spacial score (nSPS) is 15.7. The summed E-state index contributed by atoms with van der Waals surface area (Å²) in [5, 5.41) is 7.94. The molecule has 4 heteroatoms. The maximum Gasteiger partial charge on any atom is 0.0832 e. The van der Waals surface area contributed by atoms with E-state index in [1.165, 1.54) is 0 Å². The van der Waals surface area contributed by atoms with Crippen molar-refractivity contribution >= 4 is 11.6 Å². The van der Waals surface area contributed by atoms with Crippen LogP contribution in [0.2, 0.25) is 0 Å². The SMILES string of the molecule is CCC(C)(CCl)Cc1cn(C)nn1. The first-order chi connectivity index (χ1) is 6.09. The van der Waals surface area contributed by atoms with Gasteiger partial charge in [0.1, 0.15) is 0 Å². The maximum atomic E-state index is 5.91. The molecule has 1 atom stereocenters. The van der Waals surface area contributed by atoms with E-state index in [2.05, 4.69) is 24.2 Å². The van der Waals surface area contributed by atoms with E-state index in [4.69, 9.17) is 11.6 Å². The van der Waals surface area contributed by atoms with Crippen LogP contribution in [0.4, 0.5) is 0 Å². The van der Waals surface area contributed by atoms with Gasteiger partial charge in [-0.05, 0) is 18.3 Å². The quantitative estimate of drug-likeness (QED) is 0.698. The molecule has 1 aromatic heterocycles. The number of nitrogens with zero attached hydrogens (tertiary/aromatic N) is 3. The molecule has 0 saturated heterocycles. The fourth-order valence-electron chi connectivity index (χ4n) is 1.18. The summed E-state index contributed by atoms with van der Waals surface area (Å²) in [7, 11) is 1.88. The summed E-state index contributed by atoms with van der Waals surface area (Å²) in [5.41, 5.74) is 1.17. The van der Waals surface area contributed by atoms with E-state index < -0.39 is 0 Å². The van der Waals surface area contributed by atoms with Crippen LogP contribution in [-0.4, -0.2) is 20.9 Å². The van der Waals surface area contributed by atoms with E-state index >= 15 is 0 Å². The Hall–Kier alpha value is -0.570. The highest BCUT2D eigenvalue weighted by molar-refractivity contribution is 6.18. The van der Waals surface area contributed by atoms with Gasteiger partial charge in [0.15, 0.2) is 0 Å². The number of aromatic nitrogens is 3. The molecule has 1 heterocycles. The van der Waals surface area contributed by atoms with Gasteiger partial charge in [0.2, 0.25) is 0 Å². The molecule has 0 N–H and O–H groups in total. The minimum atomic E-state index is 0.150. The minimum absolute atomic E-state index is 0.150. The summed E-state index contributed by atoms with van der Waals surface area (Å²) in [4.78, 5) is 0. The molecule has 0 spiro atoms. The van der Waals surface area contributed by atoms with E-state index in [1.54, 1.807) is 4.68 Å². The molecule has 0 fully saturated rings. The summed E-state index contributed by atoms with van der Waals surface area (Å²) in [6.07, 6.45) is 3.91. The smallest absolute Gasteiger partial charge is 0.0832 e. The van der Waals surface area contributed by atoms with Crippen LogP contribution in [0.25, 0.3) is 0 Å². The molecule has 0 bridgehead atoms. The van der Waals surface area contributed by atoms with Gasteiger partial charge in [-0.3, -0.25) is 4.68 Å². The number of hydrogen-bond acceptors (Lipinski definition) is 2. The summed E-state index contributed by atoms with van der Waals surface area (Å²) in [6, 6.07) is 0. The van der Waals surface area contributed by atoms with Crippen molar-refractivity contribution in [3.8, 4) is 0 Å². The zero-order valence-corrected chi connectivity index (χ0v) is 9.17. The molecular weight excluding hydrogens is 186 g/mol. The Morgan fingerprint density at radius 3 is 2.69 bits per heavy atom. The van der Waals surface area contributed by atoms with E-state index in [1.807, 2.05) is 13.2 Å². The van der Waals surface area contributed by atoms with Crippen LogP contribution in [0.3, 0.4) is 0 Å². The van der Waals surface area contributed by atoms with Crippen LogP contribution in [0.5, 0.6) is 0 Å². The fraction of sp³-hybridized carbons (Fsp3) is 0.778. The standard InChI is InChI=1S/C9H16ClN3/c1-4-9(2,7-10)5-8-6-13(3)12-11-8/h6H,4-5,7H2,1-3H3. The largest absolute Gasteiger partial charge is 0.255 e. The lowest BCUT2D eigenvalue weighted by Crippen LogP contribution is -2.20. The van der Waals surface area contributed by atoms with Crippen LogP contribution in [0, 0.1) is 5.41 Å². The molecule has 3 nitrogen and oxygen atoms in total. The second-order valence-electron chi connectivity index (χ2n) is 3.86. The van der Waals surface area contributed by atoms with Gasteiger partial charge in [-0.15, -0.1) is 16.7 Å². The third-order valence-corrected chi connectivity index (χ3v) is 3.08. The number of hydrogen-bond donors (Lipinski definition) is 0. The van der Waals surface area contributed by atoms with Crippen molar-refractivity contribution < 1.29 is 0 Å². The maximum absolute atomic E-state index is 5.91. The van der Waals surface area contributed by atoms with Crippen molar-refractivity contribution in [1.82, 2.24) is 15.0 Å². The number of rotatable bonds is 4. The van der Waals surface area contributed by atoms with Crippen molar-refractivity contribution in [3.05, 3.63) is 11.9 Å². The van der Waals surface area contributed by atoms with Gasteiger partial charge in [0.25, 0.3) is 0 Å². The molecule has 0 aromatic carbocycles. The molecule has 1 rings (SSSR count). The molecule has 0 radical (unpaired) electrons. The molecule has 1 aromatic rings. The zero-order chi connectivity index (χ0) is 9.90. The Bertz CT molecular complexity index is 266.